The maximum Gasteiger partial charge on any atom is 0.377 e. The molecule has 0 saturated carbocycles. The fourth-order valence-electron chi connectivity index (χ4n) is 1.74. The number of oxazole rings is 1. The van der Waals surface area contributed by atoms with Crippen LogP contribution in [-0.2, 0) is 9.53 Å². The lowest BCUT2D eigenvalue weighted by Crippen LogP contribution is -2.07. The topological polar surface area (TPSA) is 94.3 Å². The molecular formula is C14H14IN3O4. The van der Waals surface area contributed by atoms with Gasteiger partial charge in [0.05, 0.1) is 6.61 Å². The molecule has 0 fully saturated rings. The molecule has 0 aliphatic rings. The zero-order valence-electron chi connectivity index (χ0n) is 12.3. The number of aryl methyl sites for hydroxylation is 1. The third-order valence-electron chi connectivity index (χ3n) is 2.68. The molecule has 0 aliphatic carbocycles. The minimum Gasteiger partial charge on any atom is -0.460 e. The Morgan fingerprint density at radius 2 is 2.18 bits per heavy atom. The highest BCUT2D eigenvalue weighted by Crippen LogP contribution is 2.27. The average molecular weight is 415 g/mol. The Morgan fingerprint density at radius 1 is 1.45 bits per heavy atom. The van der Waals surface area contributed by atoms with E-state index in [2.05, 4.69) is 15.3 Å². The Hall–Kier alpha value is -1.97. The molecule has 1 amide bonds. The molecule has 0 spiro atoms. The van der Waals surface area contributed by atoms with Crippen LogP contribution in [0.3, 0.4) is 0 Å². The number of carbonyl (C=O) groups is 2. The number of esters is 1. The summed E-state index contributed by atoms with van der Waals surface area (Å²) in [5.41, 5.74) is 1.45. The minimum atomic E-state index is -0.556. The van der Waals surface area contributed by atoms with E-state index in [0.717, 1.165) is 5.56 Å². The third-order valence-corrected chi connectivity index (χ3v) is 3.42. The molecule has 2 rings (SSSR count). The molecule has 0 unspecified atom stereocenters. The summed E-state index contributed by atoms with van der Waals surface area (Å²) in [4.78, 5) is 31.2. The first kappa shape index (κ1) is 16.4. The van der Waals surface area contributed by atoms with E-state index in [9.17, 15) is 9.59 Å². The molecule has 0 saturated heterocycles. The van der Waals surface area contributed by atoms with Crippen molar-refractivity contribution in [2.24, 2.45) is 0 Å². The molecule has 7 nitrogen and oxygen atoms in total. The summed E-state index contributed by atoms with van der Waals surface area (Å²) in [6.45, 7) is 5.20. The van der Waals surface area contributed by atoms with Crippen molar-refractivity contribution in [1.29, 1.82) is 0 Å². The molecule has 0 bridgehead atoms. The molecule has 2 aromatic heterocycles. The average Bonchev–Trinajstić information content (AvgIpc) is 2.82. The van der Waals surface area contributed by atoms with Crippen LogP contribution in [0.5, 0.6) is 0 Å². The molecule has 2 heterocycles. The fourth-order valence-corrected chi connectivity index (χ4v) is 2.29. The molecule has 8 heteroatoms. The third kappa shape index (κ3) is 3.62. The van der Waals surface area contributed by atoms with Crippen LogP contribution >= 0.6 is 22.6 Å². The van der Waals surface area contributed by atoms with Crippen molar-refractivity contribution in [3.8, 4) is 11.5 Å². The lowest BCUT2D eigenvalue weighted by atomic mass is 10.1. The molecule has 1 N–H and O–H groups in total. The fraction of sp³-hybridized carbons (Fsp3) is 0.286. The quantitative estimate of drug-likeness (QED) is 0.610. The van der Waals surface area contributed by atoms with Gasteiger partial charge in [0, 0.05) is 18.7 Å². The normalized spacial score (nSPS) is 10.4. The first-order valence-electron chi connectivity index (χ1n) is 6.50. The molecule has 2 aromatic rings. The summed E-state index contributed by atoms with van der Waals surface area (Å²) in [5.74, 6) is -0.0522. The van der Waals surface area contributed by atoms with E-state index in [1.54, 1.807) is 19.2 Å². The van der Waals surface area contributed by atoms with Gasteiger partial charge < -0.3 is 14.5 Å². The van der Waals surface area contributed by atoms with Crippen LogP contribution in [-0.4, -0.2) is 28.5 Å². The number of nitrogens with one attached hydrogen (secondary N) is 1. The smallest absolute Gasteiger partial charge is 0.377 e. The Labute approximate surface area is 140 Å². The number of nitrogens with zero attached hydrogens (tertiary/aromatic N) is 2. The number of carbonyl (C=O) groups excluding carboxylic acids is 2. The lowest BCUT2D eigenvalue weighted by Gasteiger charge is -2.05. The van der Waals surface area contributed by atoms with Gasteiger partial charge in [0.25, 0.3) is 0 Å². The lowest BCUT2D eigenvalue weighted by molar-refractivity contribution is -0.114. The SMILES string of the molecule is CCOC(=O)c1oc(-c2cc(NC(C)=O)ncc2C)nc1I. The summed E-state index contributed by atoms with van der Waals surface area (Å²) in [7, 11) is 0. The van der Waals surface area contributed by atoms with Gasteiger partial charge in [0.2, 0.25) is 17.6 Å². The van der Waals surface area contributed by atoms with Crippen LogP contribution in [0.4, 0.5) is 5.82 Å². The van der Waals surface area contributed by atoms with Crippen LogP contribution in [0.25, 0.3) is 11.5 Å². The summed E-state index contributed by atoms with van der Waals surface area (Å²) in [6, 6.07) is 1.65. The van der Waals surface area contributed by atoms with Gasteiger partial charge >= 0.3 is 5.97 Å². The van der Waals surface area contributed by atoms with Crippen LogP contribution in [0.2, 0.25) is 0 Å². The summed E-state index contributed by atoms with van der Waals surface area (Å²) < 4.78 is 10.9. The zero-order valence-corrected chi connectivity index (χ0v) is 14.4. The van der Waals surface area contributed by atoms with Gasteiger partial charge in [-0.2, -0.15) is 0 Å². The second-order valence-electron chi connectivity index (χ2n) is 4.43. The van der Waals surface area contributed by atoms with Gasteiger partial charge in [-0.3, -0.25) is 4.79 Å². The van der Waals surface area contributed by atoms with E-state index in [-0.39, 0.29) is 24.2 Å². The maximum absolute atomic E-state index is 11.8. The summed E-state index contributed by atoms with van der Waals surface area (Å²) in [6.07, 6.45) is 1.60. The van der Waals surface area contributed by atoms with E-state index < -0.39 is 5.97 Å². The molecule has 0 aromatic carbocycles. The number of halogens is 1. The van der Waals surface area contributed by atoms with E-state index in [1.807, 2.05) is 29.5 Å². The van der Waals surface area contributed by atoms with Gasteiger partial charge in [-0.15, -0.1) is 0 Å². The molecule has 0 atom stereocenters. The first-order chi connectivity index (χ1) is 10.4. The molecule has 0 radical (unpaired) electrons. The van der Waals surface area contributed by atoms with Gasteiger partial charge in [0.1, 0.15) is 5.82 Å². The van der Waals surface area contributed by atoms with Gasteiger partial charge in [-0.05, 0) is 48.1 Å². The van der Waals surface area contributed by atoms with E-state index in [0.29, 0.717) is 15.1 Å². The Bertz CT molecular complexity index is 727. The number of pyridine rings is 1. The highest BCUT2D eigenvalue weighted by molar-refractivity contribution is 14.1. The Balaban J connectivity index is 2.41. The number of amides is 1. The molecule has 0 aliphatic heterocycles. The summed E-state index contributed by atoms with van der Waals surface area (Å²) >= 11 is 1.91. The van der Waals surface area contributed by atoms with Crippen molar-refractivity contribution in [1.82, 2.24) is 9.97 Å². The van der Waals surface area contributed by atoms with Crippen LogP contribution in [0.15, 0.2) is 16.7 Å². The van der Waals surface area contributed by atoms with Crippen LogP contribution in [0, 0.1) is 10.6 Å². The van der Waals surface area contributed by atoms with Crippen molar-refractivity contribution in [3.05, 3.63) is 27.3 Å². The minimum absolute atomic E-state index is 0.0646. The Kier molecular flexibility index (Phi) is 5.11. The number of aromatic nitrogens is 2. The predicted octanol–water partition coefficient (Wildman–Crippen LogP) is 2.78. The first-order valence-corrected chi connectivity index (χ1v) is 7.58. The van der Waals surface area contributed by atoms with Crippen molar-refractivity contribution in [2.75, 3.05) is 11.9 Å². The van der Waals surface area contributed by atoms with E-state index >= 15 is 0 Å². The van der Waals surface area contributed by atoms with Crippen LogP contribution in [0.1, 0.15) is 30.0 Å². The van der Waals surface area contributed by atoms with Gasteiger partial charge in [-0.1, -0.05) is 0 Å². The number of hydrogen-bond donors (Lipinski definition) is 1. The van der Waals surface area contributed by atoms with Gasteiger partial charge in [0.15, 0.2) is 3.70 Å². The molecule has 116 valence electrons. The molecule has 22 heavy (non-hydrogen) atoms. The van der Waals surface area contributed by atoms with E-state index in [4.69, 9.17) is 9.15 Å². The Morgan fingerprint density at radius 3 is 2.82 bits per heavy atom. The maximum atomic E-state index is 11.8. The highest BCUT2D eigenvalue weighted by atomic mass is 127. The van der Waals surface area contributed by atoms with Crippen molar-refractivity contribution in [3.63, 3.8) is 0 Å². The highest BCUT2D eigenvalue weighted by Gasteiger charge is 2.21. The number of hydrogen-bond acceptors (Lipinski definition) is 6. The largest absolute Gasteiger partial charge is 0.460 e. The van der Waals surface area contributed by atoms with Crippen molar-refractivity contribution < 1.29 is 18.7 Å². The molecular weight excluding hydrogens is 401 g/mol. The van der Waals surface area contributed by atoms with E-state index in [1.165, 1.54) is 6.92 Å². The predicted molar refractivity (Wildman–Crippen MR) is 87.4 cm³/mol. The van der Waals surface area contributed by atoms with Crippen LogP contribution < -0.4 is 5.32 Å². The standard InChI is InChI=1S/C14H14IN3O4/c1-4-21-14(20)11-12(15)18-13(22-11)9-5-10(17-8(3)19)16-6-7(9)2/h5-6H,4H2,1-3H3,(H,16,17,19). The van der Waals surface area contributed by atoms with Crippen molar-refractivity contribution >= 4 is 40.3 Å². The summed E-state index contributed by atoms with van der Waals surface area (Å²) in [5, 5.41) is 2.59. The second kappa shape index (κ2) is 6.86. The second-order valence-corrected chi connectivity index (χ2v) is 5.45. The number of anilines is 1. The monoisotopic (exact) mass is 415 g/mol. The number of ether oxygens (including phenoxy) is 1. The van der Waals surface area contributed by atoms with Crippen molar-refractivity contribution in [2.45, 2.75) is 20.8 Å². The van der Waals surface area contributed by atoms with Gasteiger partial charge in [-0.25, -0.2) is 14.8 Å². The zero-order chi connectivity index (χ0) is 16.3. The number of rotatable bonds is 4.